The van der Waals surface area contributed by atoms with Gasteiger partial charge >= 0.3 is 7.67 Å². The summed E-state index contributed by atoms with van der Waals surface area (Å²) in [7, 11) is -3.54. The van der Waals surface area contributed by atoms with Crippen molar-refractivity contribution in [2.75, 3.05) is 24.8 Å². The smallest absolute Gasteiger partial charge is 0.307 e. The Morgan fingerprint density at radius 2 is 1.79 bits per heavy atom. The second-order valence-electron chi connectivity index (χ2n) is 3.71. The van der Waals surface area contributed by atoms with E-state index in [1.807, 2.05) is 30.3 Å². The summed E-state index contributed by atoms with van der Waals surface area (Å²) >= 11 is 11.3. The van der Waals surface area contributed by atoms with Gasteiger partial charge in [-0.15, -0.1) is 28.5 Å². The summed E-state index contributed by atoms with van der Waals surface area (Å²) in [6, 6.07) is 9.27. The van der Waals surface area contributed by atoms with E-state index < -0.39 is 7.67 Å². The SMILES string of the molecule is O=[P@@](NO)(OCc1ccccc1)N(CCCl)CCCl. The Labute approximate surface area is 123 Å². The van der Waals surface area contributed by atoms with Gasteiger partial charge in [0.2, 0.25) is 0 Å². The van der Waals surface area contributed by atoms with Gasteiger partial charge in [-0.2, -0.15) is 0 Å². The first-order valence-corrected chi connectivity index (χ1v) is 8.38. The largest absolute Gasteiger partial charge is 0.366 e. The van der Waals surface area contributed by atoms with E-state index in [2.05, 4.69) is 0 Å². The van der Waals surface area contributed by atoms with Gasteiger partial charge in [0.25, 0.3) is 0 Å². The van der Waals surface area contributed by atoms with Crippen molar-refractivity contribution in [3.8, 4) is 0 Å². The van der Waals surface area contributed by atoms with Crippen LogP contribution in [-0.2, 0) is 15.7 Å². The average Bonchev–Trinajstić information content (AvgIpc) is 2.46. The Balaban J connectivity index is 2.70. The fourth-order valence-electron chi connectivity index (χ4n) is 1.48. The van der Waals surface area contributed by atoms with Crippen LogP contribution in [0.1, 0.15) is 5.56 Å². The lowest BCUT2D eigenvalue weighted by Gasteiger charge is -2.28. The van der Waals surface area contributed by atoms with E-state index in [1.54, 1.807) is 5.25 Å². The third-order valence-electron chi connectivity index (χ3n) is 2.43. The molecule has 0 spiro atoms. The predicted molar refractivity (Wildman–Crippen MR) is 76.8 cm³/mol. The molecule has 8 heteroatoms. The van der Waals surface area contributed by atoms with Crippen LogP contribution in [0.4, 0.5) is 0 Å². The van der Waals surface area contributed by atoms with Crippen molar-refractivity contribution in [3.05, 3.63) is 35.9 Å². The minimum Gasteiger partial charge on any atom is -0.307 e. The first-order chi connectivity index (χ1) is 9.16. The average molecular weight is 327 g/mol. The second-order valence-corrected chi connectivity index (χ2v) is 6.53. The summed E-state index contributed by atoms with van der Waals surface area (Å²) in [5.74, 6) is 0.522. The molecular formula is C11H17Cl2N2O3P. The third kappa shape index (κ3) is 5.40. The Morgan fingerprint density at radius 3 is 2.26 bits per heavy atom. The van der Waals surface area contributed by atoms with E-state index in [0.29, 0.717) is 13.1 Å². The molecule has 1 atom stereocenters. The maximum atomic E-state index is 12.5. The number of nitrogens with zero attached hydrogens (tertiary/aromatic N) is 1. The minimum atomic E-state index is -3.54. The van der Waals surface area contributed by atoms with Crippen LogP contribution in [0.15, 0.2) is 30.3 Å². The number of halogens is 2. The van der Waals surface area contributed by atoms with Crippen LogP contribution in [0.3, 0.4) is 0 Å². The van der Waals surface area contributed by atoms with Crippen LogP contribution in [0.2, 0.25) is 0 Å². The molecule has 0 amide bonds. The molecule has 0 aliphatic carbocycles. The highest BCUT2D eigenvalue weighted by Crippen LogP contribution is 2.46. The zero-order valence-electron chi connectivity index (χ0n) is 10.3. The van der Waals surface area contributed by atoms with Gasteiger partial charge in [0.05, 0.1) is 6.61 Å². The van der Waals surface area contributed by atoms with E-state index in [1.165, 1.54) is 4.67 Å². The zero-order valence-corrected chi connectivity index (χ0v) is 12.7. The first-order valence-electron chi connectivity index (χ1n) is 5.73. The lowest BCUT2D eigenvalue weighted by molar-refractivity contribution is 0.166. The Morgan fingerprint density at radius 1 is 1.21 bits per heavy atom. The molecule has 0 saturated heterocycles. The first kappa shape index (κ1) is 16.9. The van der Waals surface area contributed by atoms with E-state index in [9.17, 15) is 4.57 Å². The van der Waals surface area contributed by atoms with Crippen molar-refractivity contribution in [2.45, 2.75) is 6.61 Å². The van der Waals surface area contributed by atoms with Crippen LogP contribution in [0.25, 0.3) is 0 Å². The van der Waals surface area contributed by atoms with Crippen molar-refractivity contribution in [1.29, 1.82) is 0 Å². The summed E-state index contributed by atoms with van der Waals surface area (Å²) in [5.41, 5.74) is 0.856. The highest BCUT2D eigenvalue weighted by atomic mass is 35.5. The topological polar surface area (TPSA) is 61.8 Å². The number of hydrogen-bond acceptors (Lipinski definition) is 3. The van der Waals surface area contributed by atoms with Crippen molar-refractivity contribution < 1.29 is 14.3 Å². The standard InChI is InChI=1S/C11H17Cl2N2O3P/c12-6-8-15(9-7-13)19(17,14-16)18-10-11-4-2-1-3-5-11/h1-5,16H,6-10H2,(H,14,17)/t19-/m0/s1. The molecule has 2 N–H and O–H groups in total. The molecule has 0 heterocycles. The van der Waals surface area contributed by atoms with Crippen LogP contribution < -0.4 is 5.25 Å². The van der Waals surface area contributed by atoms with Gasteiger partial charge < -0.3 is 5.21 Å². The molecule has 19 heavy (non-hydrogen) atoms. The van der Waals surface area contributed by atoms with Crippen molar-refractivity contribution in [2.24, 2.45) is 0 Å². The molecule has 108 valence electrons. The molecule has 0 fully saturated rings. The summed E-state index contributed by atoms with van der Waals surface area (Å²) in [6.45, 7) is 0.717. The summed E-state index contributed by atoms with van der Waals surface area (Å²) in [5, 5.41) is 10.9. The lowest BCUT2D eigenvalue weighted by atomic mass is 10.2. The molecule has 0 radical (unpaired) electrons. The molecule has 0 aliphatic heterocycles. The van der Waals surface area contributed by atoms with Crippen LogP contribution >= 0.6 is 30.9 Å². The number of hydrogen-bond donors (Lipinski definition) is 2. The Kier molecular flexibility index (Phi) is 7.95. The fraction of sp³-hybridized carbons (Fsp3) is 0.455. The van der Waals surface area contributed by atoms with E-state index >= 15 is 0 Å². The maximum absolute atomic E-state index is 12.5. The number of nitrogens with one attached hydrogen (secondary N) is 1. The number of alkyl halides is 2. The van der Waals surface area contributed by atoms with Gasteiger partial charge in [0.1, 0.15) is 0 Å². The van der Waals surface area contributed by atoms with Gasteiger partial charge in [0.15, 0.2) is 0 Å². The normalized spacial score (nSPS) is 14.5. The van der Waals surface area contributed by atoms with Gasteiger partial charge in [-0.25, -0.2) is 4.67 Å². The maximum Gasteiger partial charge on any atom is 0.366 e. The van der Waals surface area contributed by atoms with Crippen molar-refractivity contribution >= 4 is 30.9 Å². The predicted octanol–water partition coefficient (Wildman–Crippen LogP) is 3.07. The molecule has 5 nitrogen and oxygen atoms in total. The minimum absolute atomic E-state index is 0.118. The van der Waals surface area contributed by atoms with Gasteiger partial charge in [-0.05, 0) is 5.56 Å². The van der Waals surface area contributed by atoms with Crippen molar-refractivity contribution in [3.63, 3.8) is 0 Å². The Bertz CT molecular complexity index is 402. The highest BCUT2D eigenvalue weighted by Gasteiger charge is 2.30. The zero-order chi connectivity index (χ0) is 14.1. The number of benzene rings is 1. The molecule has 0 saturated carbocycles. The van der Waals surface area contributed by atoms with E-state index in [-0.39, 0.29) is 18.4 Å². The molecule has 0 aromatic heterocycles. The fourth-order valence-corrected chi connectivity index (χ4v) is 3.52. The summed E-state index contributed by atoms with van der Waals surface area (Å²) < 4.78 is 19.2. The van der Waals surface area contributed by atoms with Crippen LogP contribution in [-0.4, -0.2) is 34.7 Å². The monoisotopic (exact) mass is 326 g/mol. The molecule has 0 bridgehead atoms. The van der Waals surface area contributed by atoms with Gasteiger partial charge in [-0.1, -0.05) is 30.3 Å². The van der Waals surface area contributed by atoms with Gasteiger partial charge in [-0.3, -0.25) is 9.09 Å². The molecule has 0 aliphatic rings. The van der Waals surface area contributed by atoms with E-state index in [4.69, 9.17) is 32.9 Å². The van der Waals surface area contributed by atoms with Crippen LogP contribution in [0.5, 0.6) is 0 Å². The lowest BCUT2D eigenvalue weighted by Crippen LogP contribution is -2.31. The third-order valence-corrected chi connectivity index (χ3v) is 4.65. The molecule has 1 aromatic carbocycles. The highest BCUT2D eigenvalue weighted by molar-refractivity contribution is 7.54. The quantitative estimate of drug-likeness (QED) is 0.415. The molecule has 0 unspecified atom stereocenters. The van der Waals surface area contributed by atoms with Gasteiger partial charge in [0, 0.05) is 24.8 Å². The molecule has 1 aromatic rings. The number of rotatable bonds is 9. The molecule has 1 rings (SSSR count). The summed E-state index contributed by atoms with van der Waals surface area (Å²) in [6.07, 6.45) is 0. The van der Waals surface area contributed by atoms with Crippen molar-refractivity contribution in [1.82, 2.24) is 9.92 Å². The Hall–Kier alpha value is -0.130. The molecular weight excluding hydrogens is 310 g/mol. The van der Waals surface area contributed by atoms with E-state index in [0.717, 1.165) is 5.56 Å². The second kappa shape index (κ2) is 8.93. The summed E-state index contributed by atoms with van der Waals surface area (Å²) in [4.78, 5) is 0. The van der Waals surface area contributed by atoms with Crippen LogP contribution in [0, 0.1) is 0 Å².